The van der Waals surface area contributed by atoms with Gasteiger partial charge in [0, 0.05) is 31.1 Å². The number of fused-ring (bicyclic) bond motifs is 1. The van der Waals surface area contributed by atoms with E-state index >= 15 is 0 Å². The molecule has 2 atom stereocenters. The topological polar surface area (TPSA) is 68.0 Å². The van der Waals surface area contributed by atoms with Gasteiger partial charge in [0.2, 0.25) is 0 Å². The minimum atomic E-state index is -0.108. The third kappa shape index (κ3) is 3.04. The van der Waals surface area contributed by atoms with Gasteiger partial charge in [0.15, 0.2) is 5.58 Å². The smallest absolute Gasteiger partial charge is 0.187 e. The number of aliphatic hydroxyl groups excluding tert-OH is 1. The van der Waals surface area contributed by atoms with Crippen molar-refractivity contribution in [1.82, 2.24) is 5.16 Å². The summed E-state index contributed by atoms with van der Waals surface area (Å²) >= 11 is 6.60. The summed E-state index contributed by atoms with van der Waals surface area (Å²) in [5.41, 5.74) is 2.75. The quantitative estimate of drug-likeness (QED) is 0.923. The van der Waals surface area contributed by atoms with Crippen LogP contribution in [0.2, 0.25) is 5.02 Å². The number of rotatable bonds is 4. The molecule has 6 nitrogen and oxygen atoms in total. The molecule has 2 unspecified atom stereocenters. The number of aromatic nitrogens is 1. The van der Waals surface area contributed by atoms with Crippen molar-refractivity contribution < 1.29 is 19.1 Å². The van der Waals surface area contributed by atoms with Crippen LogP contribution in [0.4, 0.5) is 5.69 Å². The third-order valence-corrected chi connectivity index (χ3v) is 4.37. The summed E-state index contributed by atoms with van der Waals surface area (Å²) in [5.74, 6) is 0. The Kier molecular flexibility index (Phi) is 4.77. The number of benzene rings is 1. The summed E-state index contributed by atoms with van der Waals surface area (Å²) in [4.78, 5) is 2.14. The maximum atomic E-state index is 9.82. The number of aliphatic hydroxyl groups is 1. The molecule has 0 saturated carbocycles. The van der Waals surface area contributed by atoms with E-state index < -0.39 is 0 Å². The molecule has 1 N–H and O–H groups in total. The van der Waals surface area contributed by atoms with E-state index in [1.165, 1.54) is 0 Å². The Balaban J connectivity index is 2.11. The van der Waals surface area contributed by atoms with Crippen LogP contribution in [0.1, 0.15) is 25.1 Å². The van der Waals surface area contributed by atoms with Gasteiger partial charge in [-0.15, -0.1) is 0 Å². The van der Waals surface area contributed by atoms with Crippen LogP contribution in [0.25, 0.3) is 11.0 Å². The van der Waals surface area contributed by atoms with E-state index in [-0.39, 0.29) is 18.8 Å². The first-order valence-electron chi connectivity index (χ1n) is 7.65. The monoisotopic (exact) mass is 340 g/mol. The van der Waals surface area contributed by atoms with Gasteiger partial charge in [0.05, 0.1) is 31.1 Å². The molecule has 0 spiro atoms. The van der Waals surface area contributed by atoms with Crippen molar-refractivity contribution in [3.05, 3.63) is 22.3 Å². The summed E-state index contributed by atoms with van der Waals surface area (Å²) < 4.78 is 16.3. The molecule has 2 heterocycles. The molecule has 0 radical (unpaired) electrons. The number of halogens is 1. The zero-order valence-electron chi connectivity index (χ0n) is 13.5. The van der Waals surface area contributed by atoms with Crippen LogP contribution in [0.5, 0.6) is 0 Å². The molecule has 1 aliphatic heterocycles. The molecule has 1 fully saturated rings. The Morgan fingerprint density at radius 3 is 2.70 bits per heavy atom. The van der Waals surface area contributed by atoms with E-state index in [9.17, 15) is 5.11 Å². The predicted molar refractivity (Wildman–Crippen MR) is 87.9 cm³/mol. The van der Waals surface area contributed by atoms with Crippen molar-refractivity contribution >= 4 is 28.3 Å². The van der Waals surface area contributed by atoms with Crippen LogP contribution in [-0.2, 0) is 22.7 Å². The second-order valence-corrected chi connectivity index (χ2v) is 6.34. The molecule has 1 saturated heterocycles. The van der Waals surface area contributed by atoms with Gasteiger partial charge in [-0.2, -0.15) is 0 Å². The minimum absolute atomic E-state index is 0.0934. The van der Waals surface area contributed by atoms with Crippen LogP contribution in [0.15, 0.2) is 10.6 Å². The Hall–Kier alpha value is -1.34. The van der Waals surface area contributed by atoms with Crippen LogP contribution in [0.3, 0.4) is 0 Å². The van der Waals surface area contributed by atoms with Crippen LogP contribution >= 0.6 is 11.6 Å². The number of ether oxygens (including phenoxy) is 2. The first-order valence-corrected chi connectivity index (χ1v) is 8.02. The van der Waals surface area contributed by atoms with Crippen LogP contribution in [0, 0.1) is 0 Å². The normalized spacial score (nSPS) is 22.0. The van der Waals surface area contributed by atoms with Crippen molar-refractivity contribution in [2.24, 2.45) is 0 Å². The average molecular weight is 341 g/mol. The molecule has 2 aromatic rings. The van der Waals surface area contributed by atoms with Crippen molar-refractivity contribution in [3.8, 4) is 0 Å². The van der Waals surface area contributed by atoms with Gasteiger partial charge in [0.25, 0.3) is 0 Å². The molecular weight excluding hydrogens is 320 g/mol. The summed E-state index contributed by atoms with van der Waals surface area (Å²) in [5, 5.41) is 15.1. The maximum Gasteiger partial charge on any atom is 0.187 e. The van der Waals surface area contributed by atoms with Gasteiger partial charge in [-0.1, -0.05) is 16.8 Å². The van der Waals surface area contributed by atoms with Crippen molar-refractivity contribution in [2.75, 3.05) is 25.1 Å². The summed E-state index contributed by atoms with van der Waals surface area (Å²) in [7, 11) is 1.60. The molecule has 126 valence electrons. The summed E-state index contributed by atoms with van der Waals surface area (Å²) in [6.07, 6.45) is 0.187. The SMILES string of the molecule is COCc1noc2c(Cl)c(N3CC(C)OC(C)C3)c(CO)cc12. The van der Waals surface area contributed by atoms with Gasteiger partial charge in [-0.3, -0.25) is 0 Å². The van der Waals surface area contributed by atoms with E-state index in [1.54, 1.807) is 7.11 Å². The van der Waals surface area contributed by atoms with Gasteiger partial charge in [0.1, 0.15) is 10.7 Å². The van der Waals surface area contributed by atoms with Gasteiger partial charge >= 0.3 is 0 Å². The summed E-state index contributed by atoms with van der Waals surface area (Å²) in [6, 6.07) is 1.88. The largest absolute Gasteiger partial charge is 0.392 e. The average Bonchev–Trinajstić information content (AvgIpc) is 2.89. The molecule has 3 rings (SSSR count). The maximum absolute atomic E-state index is 9.82. The highest BCUT2D eigenvalue weighted by atomic mass is 35.5. The first-order chi connectivity index (χ1) is 11.0. The Morgan fingerprint density at radius 1 is 1.39 bits per heavy atom. The molecular formula is C16H21ClN2O4. The van der Waals surface area contributed by atoms with Crippen LogP contribution in [-0.4, -0.2) is 42.7 Å². The van der Waals surface area contributed by atoms with Gasteiger partial charge < -0.3 is 24.0 Å². The lowest BCUT2D eigenvalue weighted by molar-refractivity contribution is -0.00530. The van der Waals surface area contributed by atoms with Gasteiger partial charge in [-0.05, 0) is 19.9 Å². The first kappa shape index (κ1) is 16.5. The Bertz CT molecular complexity index is 693. The van der Waals surface area contributed by atoms with E-state index in [0.717, 1.165) is 16.6 Å². The van der Waals surface area contributed by atoms with Crippen LogP contribution < -0.4 is 4.90 Å². The highest BCUT2D eigenvalue weighted by Gasteiger charge is 2.28. The molecule has 0 aliphatic carbocycles. The number of morpholine rings is 1. The highest BCUT2D eigenvalue weighted by molar-refractivity contribution is 6.38. The predicted octanol–water partition coefficient (Wildman–Crippen LogP) is 2.73. The number of hydrogen-bond acceptors (Lipinski definition) is 6. The fourth-order valence-electron chi connectivity index (χ4n) is 3.19. The molecule has 7 heteroatoms. The molecule has 1 aliphatic rings. The van der Waals surface area contributed by atoms with E-state index in [0.29, 0.717) is 36.0 Å². The Labute approximate surface area is 139 Å². The van der Waals surface area contributed by atoms with Gasteiger partial charge in [-0.25, -0.2) is 0 Å². The van der Waals surface area contributed by atoms with Crippen molar-refractivity contribution in [3.63, 3.8) is 0 Å². The van der Waals surface area contributed by atoms with Crippen molar-refractivity contribution in [2.45, 2.75) is 39.3 Å². The lowest BCUT2D eigenvalue weighted by atomic mass is 10.1. The lowest BCUT2D eigenvalue weighted by Gasteiger charge is -2.38. The second-order valence-electron chi connectivity index (χ2n) is 5.96. The fraction of sp³-hybridized carbons (Fsp3) is 0.562. The number of methoxy groups -OCH3 is 1. The number of nitrogens with zero attached hydrogens (tertiary/aromatic N) is 2. The molecule has 1 aromatic carbocycles. The van der Waals surface area contributed by atoms with E-state index in [2.05, 4.69) is 10.1 Å². The molecule has 23 heavy (non-hydrogen) atoms. The highest BCUT2D eigenvalue weighted by Crippen LogP contribution is 2.39. The van der Waals surface area contributed by atoms with E-state index in [1.807, 2.05) is 19.9 Å². The standard InChI is InChI=1S/C16H21ClN2O4/c1-9-5-19(6-10(2)22-9)15-11(7-20)4-12-13(8-21-3)18-23-16(12)14(15)17/h4,9-10,20H,5-8H2,1-3H3. The lowest BCUT2D eigenvalue weighted by Crippen LogP contribution is -2.46. The third-order valence-electron chi connectivity index (χ3n) is 4.02. The van der Waals surface area contributed by atoms with E-state index in [4.69, 9.17) is 25.6 Å². The second kappa shape index (κ2) is 6.65. The summed E-state index contributed by atoms with van der Waals surface area (Å²) in [6.45, 7) is 5.70. The van der Waals surface area contributed by atoms with Crippen molar-refractivity contribution in [1.29, 1.82) is 0 Å². The number of anilines is 1. The Morgan fingerprint density at radius 2 is 2.09 bits per heavy atom. The molecule has 0 bridgehead atoms. The zero-order chi connectivity index (χ0) is 16.6. The molecule has 0 amide bonds. The fourth-order valence-corrected chi connectivity index (χ4v) is 3.57. The number of hydrogen-bond donors (Lipinski definition) is 1. The minimum Gasteiger partial charge on any atom is -0.392 e. The zero-order valence-corrected chi connectivity index (χ0v) is 14.3. The molecule has 1 aromatic heterocycles.